The number of carbonyl (C=O) groups excluding carboxylic acids is 2. The van der Waals surface area contributed by atoms with Gasteiger partial charge in [-0.3, -0.25) is 20.4 Å². The Balaban J connectivity index is 1.70. The van der Waals surface area contributed by atoms with Crippen molar-refractivity contribution in [2.75, 3.05) is 11.9 Å². The third-order valence-electron chi connectivity index (χ3n) is 3.74. The lowest BCUT2D eigenvalue weighted by molar-refractivity contribution is -0.128. The van der Waals surface area contributed by atoms with E-state index in [4.69, 9.17) is 0 Å². The van der Waals surface area contributed by atoms with Crippen LogP contribution in [0.1, 0.15) is 23.1 Å². The van der Waals surface area contributed by atoms with Crippen molar-refractivity contribution >= 4 is 17.5 Å². The zero-order valence-electron chi connectivity index (χ0n) is 14.4. The minimum Gasteiger partial charge on any atom is -0.376 e. The predicted molar refractivity (Wildman–Crippen MR) is 95.4 cm³/mol. The topological polar surface area (TPSA) is 70.2 Å². The van der Waals surface area contributed by atoms with Gasteiger partial charge >= 0.3 is 0 Å². The maximum atomic E-state index is 13.5. The number of hydrazine groups is 1. The summed E-state index contributed by atoms with van der Waals surface area (Å²) in [5.41, 5.74) is 8.20. The lowest BCUT2D eigenvalue weighted by atomic mass is 10.1. The molecule has 0 unspecified atom stereocenters. The van der Waals surface area contributed by atoms with Crippen LogP contribution in [0.4, 0.5) is 10.1 Å². The van der Waals surface area contributed by atoms with E-state index >= 15 is 0 Å². The molecule has 0 aliphatic rings. The van der Waals surface area contributed by atoms with Crippen LogP contribution in [0, 0.1) is 19.7 Å². The van der Waals surface area contributed by atoms with Crippen molar-refractivity contribution in [3.63, 3.8) is 0 Å². The summed E-state index contributed by atoms with van der Waals surface area (Å²) in [5, 5.41) is 3.02. The van der Waals surface area contributed by atoms with Crippen LogP contribution in [0.5, 0.6) is 0 Å². The SMILES string of the molecule is Cc1ccc(NCC(=O)NNC(=O)CCc2ccccc2F)c(C)c1. The van der Waals surface area contributed by atoms with E-state index in [1.807, 2.05) is 32.0 Å². The Morgan fingerprint density at radius 1 is 1.00 bits per heavy atom. The molecule has 132 valence electrons. The number of carbonyl (C=O) groups is 2. The van der Waals surface area contributed by atoms with Gasteiger partial charge in [0, 0.05) is 12.1 Å². The highest BCUT2D eigenvalue weighted by atomic mass is 19.1. The van der Waals surface area contributed by atoms with Gasteiger partial charge in [0.15, 0.2) is 0 Å². The number of anilines is 1. The summed E-state index contributed by atoms with van der Waals surface area (Å²) in [5.74, 6) is -1.07. The summed E-state index contributed by atoms with van der Waals surface area (Å²) < 4.78 is 13.5. The van der Waals surface area contributed by atoms with Gasteiger partial charge in [0.1, 0.15) is 5.82 Å². The highest BCUT2D eigenvalue weighted by molar-refractivity contribution is 5.84. The van der Waals surface area contributed by atoms with Crippen molar-refractivity contribution in [3.8, 4) is 0 Å². The van der Waals surface area contributed by atoms with Gasteiger partial charge in [0.2, 0.25) is 5.91 Å². The summed E-state index contributed by atoms with van der Waals surface area (Å²) in [7, 11) is 0. The van der Waals surface area contributed by atoms with Crippen molar-refractivity contribution in [1.29, 1.82) is 0 Å². The van der Waals surface area contributed by atoms with Crippen LogP contribution in [0.2, 0.25) is 0 Å². The fraction of sp³-hybridized carbons (Fsp3) is 0.263. The molecule has 2 aromatic carbocycles. The first-order valence-corrected chi connectivity index (χ1v) is 8.08. The van der Waals surface area contributed by atoms with Gasteiger partial charge < -0.3 is 5.32 Å². The third-order valence-corrected chi connectivity index (χ3v) is 3.74. The lowest BCUT2D eigenvalue weighted by Crippen LogP contribution is -2.44. The number of rotatable bonds is 6. The molecule has 0 bridgehead atoms. The Morgan fingerprint density at radius 2 is 1.72 bits per heavy atom. The Kier molecular flexibility index (Phi) is 6.51. The number of nitrogens with one attached hydrogen (secondary N) is 3. The number of amides is 2. The molecule has 2 aromatic rings. The molecule has 0 saturated heterocycles. The van der Waals surface area contributed by atoms with Crippen LogP contribution >= 0.6 is 0 Å². The fourth-order valence-corrected chi connectivity index (χ4v) is 2.38. The van der Waals surface area contributed by atoms with Gasteiger partial charge in [-0.15, -0.1) is 0 Å². The second kappa shape index (κ2) is 8.82. The molecule has 0 aromatic heterocycles. The Bertz CT molecular complexity index is 762. The van der Waals surface area contributed by atoms with Gasteiger partial charge in [-0.1, -0.05) is 35.9 Å². The Labute approximate surface area is 146 Å². The second-order valence-electron chi connectivity index (χ2n) is 5.86. The maximum absolute atomic E-state index is 13.5. The molecule has 0 aliphatic carbocycles. The van der Waals surface area contributed by atoms with Gasteiger partial charge in [-0.2, -0.15) is 0 Å². The van der Waals surface area contributed by atoms with Gasteiger partial charge in [-0.05, 0) is 43.5 Å². The van der Waals surface area contributed by atoms with Crippen LogP contribution in [0.3, 0.4) is 0 Å². The van der Waals surface area contributed by atoms with Gasteiger partial charge in [-0.25, -0.2) is 4.39 Å². The van der Waals surface area contributed by atoms with E-state index in [2.05, 4.69) is 16.2 Å². The normalized spacial score (nSPS) is 10.2. The lowest BCUT2D eigenvalue weighted by Gasteiger charge is -2.11. The summed E-state index contributed by atoms with van der Waals surface area (Å²) in [6.45, 7) is 4.00. The second-order valence-corrected chi connectivity index (χ2v) is 5.86. The number of benzene rings is 2. The zero-order valence-corrected chi connectivity index (χ0v) is 14.4. The van der Waals surface area contributed by atoms with Crippen LogP contribution in [-0.4, -0.2) is 18.4 Å². The minimum absolute atomic E-state index is 0.0392. The molecule has 25 heavy (non-hydrogen) atoms. The molecule has 0 saturated carbocycles. The first-order valence-electron chi connectivity index (χ1n) is 8.08. The third kappa shape index (κ3) is 5.91. The molecule has 0 fully saturated rings. The van der Waals surface area contributed by atoms with E-state index in [9.17, 15) is 14.0 Å². The molecule has 0 radical (unpaired) electrons. The van der Waals surface area contributed by atoms with Crippen molar-refractivity contribution in [3.05, 3.63) is 65.0 Å². The Hall–Kier alpha value is -2.89. The molecule has 0 atom stereocenters. The number of hydrogen-bond donors (Lipinski definition) is 3. The van der Waals surface area contributed by atoms with E-state index in [-0.39, 0.29) is 37.0 Å². The number of aryl methyl sites for hydroxylation is 3. The molecular weight excluding hydrogens is 321 g/mol. The van der Waals surface area contributed by atoms with Crippen LogP contribution in [0.15, 0.2) is 42.5 Å². The van der Waals surface area contributed by atoms with E-state index in [0.29, 0.717) is 5.56 Å². The van der Waals surface area contributed by atoms with E-state index in [1.165, 1.54) is 6.07 Å². The van der Waals surface area contributed by atoms with Gasteiger partial charge in [0.05, 0.1) is 6.54 Å². The van der Waals surface area contributed by atoms with E-state index < -0.39 is 0 Å². The van der Waals surface area contributed by atoms with Crippen molar-refractivity contribution in [2.24, 2.45) is 0 Å². The quantitative estimate of drug-likeness (QED) is 0.706. The molecular formula is C19H22FN3O2. The van der Waals surface area contributed by atoms with Crippen molar-refractivity contribution in [2.45, 2.75) is 26.7 Å². The van der Waals surface area contributed by atoms with E-state index in [0.717, 1.165) is 16.8 Å². The molecule has 0 heterocycles. The average Bonchev–Trinajstić information content (AvgIpc) is 2.58. The summed E-state index contributed by atoms with van der Waals surface area (Å²) >= 11 is 0. The standard InChI is InChI=1S/C19H22FN3O2/c1-13-7-9-17(14(2)11-13)21-12-19(25)23-22-18(24)10-8-15-5-3-4-6-16(15)20/h3-7,9,11,21H,8,10,12H2,1-2H3,(H,22,24)(H,23,25). The molecule has 2 rings (SSSR count). The largest absolute Gasteiger partial charge is 0.376 e. The average molecular weight is 343 g/mol. The monoisotopic (exact) mass is 343 g/mol. The van der Waals surface area contributed by atoms with Crippen molar-refractivity contribution < 1.29 is 14.0 Å². The van der Waals surface area contributed by atoms with Crippen LogP contribution < -0.4 is 16.2 Å². The predicted octanol–water partition coefficient (Wildman–Crippen LogP) is 2.63. The van der Waals surface area contributed by atoms with Gasteiger partial charge in [0.25, 0.3) is 5.91 Å². The van der Waals surface area contributed by atoms with Crippen molar-refractivity contribution in [1.82, 2.24) is 10.9 Å². The van der Waals surface area contributed by atoms with Crippen LogP contribution in [0.25, 0.3) is 0 Å². The first kappa shape index (κ1) is 18.4. The number of halogens is 1. The molecule has 3 N–H and O–H groups in total. The maximum Gasteiger partial charge on any atom is 0.257 e. The zero-order chi connectivity index (χ0) is 18.2. The Morgan fingerprint density at radius 3 is 2.44 bits per heavy atom. The first-order chi connectivity index (χ1) is 12.0. The highest BCUT2D eigenvalue weighted by Crippen LogP contribution is 2.15. The summed E-state index contributed by atoms with van der Waals surface area (Å²) in [6.07, 6.45) is 0.362. The molecule has 0 spiro atoms. The highest BCUT2D eigenvalue weighted by Gasteiger charge is 2.08. The minimum atomic E-state index is -0.372. The van der Waals surface area contributed by atoms with E-state index in [1.54, 1.807) is 18.2 Å². The summed E-state index contributed by atoms with van der Waals surface area (Å²) in [4.78, 5) is 23.5. The summed E-state index contributed by atoms with van der Waals surface area (Å²) in [6, 6.07) is 12.2. The number of hydrogen-bond acceptors (Lipinski definition) is 3. The molecule has 0 aliphatic heterocycles. The molecule has 2 amide bonds. The smallest absolute Gasteiger partial charge is 0.257 e. The fourth-order valence-electron chi connectivity index (χ4n) is 2.38. The molecule has 5 nitrogen and oxygen atoms in total. The molecule has 6 heteroatoms. The van der Waals surface area contributed by atoms with Crippen LogP contribution in [-0.2, 0) is 16.0 Å².